The molecule has 1 atom stereocenters. The number of hydrogen-bond donors (Lipinski definition) is 3. The van der Waals surface area contributed by atoms with Gasteiger partial charge in [0, 0.05) is 30.7 Å². The third kappa shape index (κ3) is 4.56. The van der Waals surface area contributed by atoms with Gasteiger partial charge in [0.2, 0.25) is 11.9 Å². The molecule has 2 heterocycles. The highest BCUT2D eigenvalue weighted by Gasteiger charge is 2.15. The third-order valence-electron chi connectivity index (χ3n) is 3.98. The second kappa shape index (κ2) is 8.09. The van der Waals surface area contributed by atoms with Crippen molar-refractivity contribution in [3.8, 4) is 0 Å². The van der Waals surface area contributed by atoms with E-state index < -0.39 is 0 Å². The van der Waals surface area contributed by atoms with Crippen LogP contribution >= 0.6 is 0 Å². The minimum Gasteiger partial charge on any atom is -0.383 e. The first-order valence-corrected chi connectivity index (χ1v) is 8.54. The summed E-state index contributed by atoms with van der Waals surface area (Å²) in [7, 11) is 1.63. The Labute approximate surface area is 156 Å². The van der Waals surface area contributed by atoms with Crippen LogP contribution in [0.25, 0.3) is 10.9 Å². The number of methoxy groups -OCH3 is 1. The largest absolute Gasteiger partial charge is 0.383 e. The monoisotopic (exact) mass is 371 g/mol. The fourth-order valence-electron chi connectivity index (χ4n) is 2.74. The quantitative estimate of drug-likeness (QED) is 0.544. The van der Waals surface area contributed by atoms with E-state index in [2.05, 4.69) is 30.6 Å². The number of pyridine rings is 1. The molecule has 142 valence electrons. The lowest BCUT2D eigenvalue weighted by molar-refractivity contribution is 0.210. The maximum atomic E-state index is 13.6. The summed E-state index contributed by atoms with van der Waals surface area (Å²) in [6.45, 7) is 4.80. The van der Waals surface area contributed by atoms with Gasteiger partial charge in [0.05, 0.1) is 18.2 Å². The predicted octanol–water partition coefficient (Wildman–Crippen LogP) is 2.68. The molecule has 3 aromatic rings. The van der Waals surface area contributed by atoms with Crippen molar-refractivity contribution in [3.63, 3.8) is 0 Å². The summed E-state index contributed by atoms with van der Waals surface area (Å²) in [4.78, 5) is 16.9. The smallest absolute Gasteiger partial charge is 0.228 e. The highest BCUT2D eigenvalue weighted by Crippen LogP contribution is 2.28. The molecular weight excluding hydrogens is 349 g/mol. The van der Waals surface area contributed by atoms with Crippen LogP contribution in [0, 0.1) is 12.7 Å². The van der Waals surface area contributed by atoms with Gasteiger partial charge in [-0.25, -0.2) is 9.37 Å². The first-order valence-electron chi connectivity index (χ1n) is 8.54. The first kappa shape index (κ1) is 18.7. The van der Waals surface area contributed by atoms with Crippen LogP contribution in [0.3, 0.4) is 0 Å². The lowest BCUT2D eigenvalue weighted by atomic mass is 10.1. The Hall–Kier alpha value is -3.07. The van der Waals surface area contributed by atoms with E-state index in [1.54, 1.807) is 20.1 Å². The zero-order valence-corrected chi connectivity index (χ0v) is 15.5. The minimum atomic E-state index is -0.326. The highest BCUT2D eigenvalue weighted by atomic mass is 19.1. The standard InChI is InChI=1S/C18H22FN7O/c1-10(22-18-24-11(2)23-17(20)26-18)14-8-12-4-5-13(19)9-15(12)25-16(14)21-6-7-27-3/h4-5,8-10H,6-7H2,1-3H3,(H,21,25)(H3,20,22,23,24,26)/t10-/m0/s1. The van der Waals surface area contributed by atoms with Gasteiger partial charge in [-0.1, -0.05) is 0 Å². The molecule has 9 heteroatoms. The zero-order chi connectivity index (χ0) is 19.4. The number of fused-ring (bicyclic) bond motifs is 1. The molecule has 0 spiro atoms. The second-order valence-electron chi connectivity index (χ2n) is 6.11. The molecule has 3 rings (SSSR count). The first-order chi connectivity index (χ1) is 13.0. The molecule has 2 aromatic heterocycles. The van der Waals surface area contributed by atoms with Gasteiger partial charge in [-0.2, -0.15) is 15.0 Å². The number of nitrogen functional groups attached to an aromatic ring is 1. The summed E-state index contributed by atoms with van der Waals surface area (Å²) in [5, 5.41) is 7.29. The van der Waals surface area contributed by atoms with Crippen LogP contribution in [0.15, 0.2) is 24.3 Å². The number of rotatable bonds is 7. The molecule has 0 saturated carbocycles. The summed E-state index contributed by atoms with van der Waals surface area (Å²) in [5.74, 6) is 1.39. The molecule has 0 amide bonds. The Morgan fingerprint density at radius 1 is 1.19 bits per heavy atom. The molecule has 4 N–H and O–H groups in total. The normalized spacial score (nSPS) is 12.1. The summed E-state index contributed by atoms with van der Waals surface area (Å²) >= 11 is 0. The number of aromatic nitrogens is 4. The molecule has 27 heavy (non-hydrogen) atoms. The van der Waals surface area contributed by atoms with Crippen LogP contribution in [0.4, 0.5) is 22.1 Å². The van der Waals surface area contributed by atoms with Gasteiger partial charge in [-0.15, -0.1) is 0 Å². The number of nitrogens with one attached hydrogen (secondary N) is 2. The van der Waals surface area contributed by atoms with Gasteiger partial charge in [0.1, 0.15) is 17.5 Å². The van der Waals surface area contributed by atoms with E-state index in [1.807, 2.05) is 13.0 Å². The van der Waals surface area contributed by atoms with Crippen LogP contribution < -0.4 is 16.4 Å². The zero-order valence-electron chi connectivity index (χ0n) is 15.5. The van der Waals surface area contributed by atoms with Gasteiger partial charge in [-0.05, 0) is 32.0 Å². The summed E-state index contributed by atoms with van der Waals surface area (Å²) in [6, 6.07) is 6.32. The van der Waals surface area contributed by atoms with Gasteiger partial charge in [0.15, 0.2) is 0 Å². The molecular formula is C18H22FN7O. The molecule has 0 aliphatic rings. The minimum absolute atomic E-state index is 0.155. The lowest BCUT2D eigenvalue weighted by Crippen LogP contribution is -2.16. The Bertz CT molecular complexity index is 930. The van der Waals surface area contributed by atoms with E-state index in [0.29, 0.717) is 36.3 Å². The van der Waals surface area contributed by atoms with Gasteiger partial charge in [-0.3, -0.25) is 0 Å². The van der Waals surface area contributed by atoms with E-state index in [4.69, 9.17) is 10.5 Å². The van der Waals surface area contributed by atoms with Crippen molar-refractivity contribution in [2.45, 2.75) is 19.9 Å². The van der Waals surface area contributed by atoms with Gasteiger partial charge < -0.3 is 21.1 Å². The summed E-state index contributed by atoms with van der Waals surface area (Å²) in [6.07, 6.45) is 0. The number of nitrogens with two attached hydrogens (primary N) is 1. The van der Waals surface area contributed by atoms with E-state index in [-0.39, 0.29) is 17.8 Å². The molecule has 1 aromatic carbocycles. The van der Waals surface area contributed by atoms with Crippen LogP contribution in [0.5, 0.6) is 0 Å². The maximum Gasteiger partial charge on any atom is 0.228 e. The van der Waals surface area contributed by atoms with Crippen molar-refractivity contribution in [3.05, 3.63) is 41.5 Å². The summed E-state index contributed by atoms with van der Waals surface area (Å²) < 4.78 is 18.7. The van der Waals surface area contributed by atoms with Crippen molar-refractivity contribution in [2.24, 2.45) is 0 Å². The van der Waals surface area contributed by atoms with Crippen LogP contribution in [0.1, 0.15) is 24.4 Å². The average molecular weight is 371 g/mol. The van der Waals surface area contributed by atoms with Gasteiger partial charge in [0.25, 0.3) is 0 Å². The van der Waals surface area contributed by atoms with E-state index in [1.165, 1.54) is 12.1 Å². The maximum absolute atomic E-state index is 13.6. The molecule has 0 radical (unpaired) electrons. The fourth-order valence-corrected chi connectivity index (χ4v) is 2.74. The van der Waals surface area contributed by atoms with E-state index >= 15 is 0 Å². The van der Waals surface area contributed by atoms with Crippen LogP contribution in [-0.2, 0) is 4.74 Å². The molecule has 0 saturated heterocycles. The third-order valence-corrected chi connectivity index (χ3v) is 3.98. The predicted molar refractivity (Wildman–Crippen MR) is 103 cm³/mol. The number of aryl methyl sites for hydroxylation is 1. The second-order valence-corrected chi connectivity index (χ2v) is 6.11. The van der Waals surface area contributed by atoms with Crippen LogP contribution in [-0.4, -0.2) is 40.2 Å². The van der Waals surface area contributed by atoms with Crippen molar-refractivity contribution < 1.29 is 9.13 Å². The molecule has 8 nitrogen and oxygen atoms in total. The topological polar surface area (TPSA) is 111 Å². The highest BCUT2D eigenvalue weighted by molar-refractivity contribution is 5.82. The lowest BCUT2D eigenvalue weighted by Gasteiger charge is -2.19. The molecule has 0 fully saturated rings. The molecule has 0 unspecified atom stereocenters. The number of anilines is 3. The number of halogens is 1. The number of benzene rings is 1. The number of nitrogens with zero attached hydrogens (tertiary/aromatic N) is 4. The Kier molecular flexibility index (Phi) is 5.60. The van der Waals surface area contributed by atoms with Crippen molar-refractivity contribution in [1.29, 1.82) is 0 Å². The summed E-state index contributed by atoms with van der Waals surface area (Å²) in [5.41, 5.74) is 7.16. The van der Waals surface area contributed by atoms with Gasteiger partial charge >= 0.3 is 0 Å². The van der Waals surface area contributed by atoms with Crippen molar-refractivity contribution in [1.82, 2.24) is 19.9 Å². The van der Waals surface area contributed by atoms with E-state index in [0.717, 1.165) is 10.9 Å². The van der Waals surface area contributed by atoms with Crippen molar-refractivity contribution >= 4 is 28.6 Å². The molecule has 0 aliphatic heterocycles. The Morgan fingerprint density at radius 2 is 2.00 bits per heavy atom. The van der Waals surface area contributed by atoms with E-state index in [9.17, 15) is 4.39 Å². The average Bonchev–Trinajstić information content (AvgIpc) is 2.60. The molecule has 0 aliphatic carbocycles. The Balaban J connectivity index is 1.96. The van der Waals surface area contributed by atoms with Crippen molar-refractivity contribution in [2.75, 3.05) is 36.6 Å². The van der Waals surface area contributed by atoms with Crippen LogP contribution in [0.2, 0.25) is 0 Å². The number of ether oxygens (including phenoxy) is 1. The molecule has 0 bridgehead atoms. The fraction of sp³-hybridized carbons (Fsp3) is 0.333. The Morgan fingerprint density at radius 3 is 2.74 bits per heavy atom. The SMILES string of the molecule is COCCNc1nc2cc(F)ccc2cc1[C@H](C)Nc1nc(C)nc(N)n1. The number of hydrogen-bond acceptors (Lipinski definition) is 8.